The van der Waals surface area contributed by atoms with Crippen LogP contribution in [0.2, 0.25) is 0 Å². The van der Waals surface area contributed by atoms with E-state index < -0.39 is 6.10 Å². The number of aliphatic hydroxyl groups is 1. The van der Waals surface area contributed by atoms with Crippen molar-refractivity contribution in [1.29, 1.82) is 0 Å². The first-order valence-corrected chi connectivity index (χ1v) is 8.10. The van der Waals surface area contributed by atoms with Crippen molar-refractivity contribution < 1.29 is 9.84 Å². The topological polar surface area (TPSA) is 47.3 Å². The van der Waals surface area contributed by atoms with Gasteiger partial charge in [0.05, 0.1) is 17.6 Å². The van der Waals surface area contributed by atoms with E-state index in [-0.39, 0.29) is 0 Å². The van der Waals surface area contributed by atoms with E-state index in [9.17, 15) is 5.11 Å². The summed E-state index contributed by atoms with van der Waals surface area (Å²) in [6.07, 6.45) is 0.986. The molecule has 0 saturated carbocycles. The number of fused-ring (bicyclic) bond motifs is 1. The van der Waals surface area contributed by atoms with Gasteiger partial charge in [0.25, 0.3) is 0 Å². The van der Waals surface area contributed by atoms with Gasteiger partial charge >= 0.3 is 0 Å². The molecule has 0 amide bonds. The van der Waals surface area contributed by atoms with Gasteiger partial charge in [-0.05, 0) is 37.1 Å². The molecule has 0 bridgehead atoms. The maximum Gasteiger partial charge on any atom is 0.138 e. The molecule has 0 aliphatic carbocycles. The molecule has 2 aromatic carbocycles. The first-order chi connectivity index (χ1) is 11.3. The Morgan fingerprint density at radius 2 is 1.83 bits per heavy atom. The molecule has 1 heterocycles. The molecule has 3 aromatic rings. The van der Waals surface area contributed by atoms with Crippen molar-refractivity contribution in [1.82, 2.24) is 9.55 Å². The van der Waals surface area contributed by atoms with Crippen molar-refractivity contribution in [2.45, 2.75) is 32.4 Å². The highest BCUT2D eigenvalue weighted by molar-refractivity contribution is 5.76. The average Bonchev–Trinajstić information content (AvgIpc) is 2.98. The van der Waals surface area contributed by atoms with E-state index in [1.165, 1.54) is 0 Å². The lowest BCUT2D eigenvalue weighted by molar-refractivity contribution is 0.158. The van der Waals surface area contributed by atoms with E-state index in [1.54, 1.807) is 0 Å². The second kappa shape index (κ2) is 7.29. The van der Waals surface area contributed by atoms with Crippen molar-refractivity contribution in [2.24, 2.45) is 0 Å². The molecule has 1 N–H and O–H groups in total. The van der Waals surface area contributed by atoms with Crippen LogP contribution in [-0.2, 0) is 6.54 Å². The highest BCUT2D eigenvalue weighted by Gasteiger charge is 2.16. The van der Waals surface area contributed by atoms with E-state index in [2.05, 4.69) is 9.55 Å². The molecule has 4 heteroatoms. The van der Waals surface area contributed by atoms with Crippen LogP contribution in [-0.4, -0.2) is 21.3 Å². The fourth-order valence-corrected chi connectivity index (χ4v) is 2.70. The summed E-state index contributed by atoms with van der Waals surface area (Å²) in [4.78, 5) is 4.59. The lowest BCUT2D eigenvalue weighted by Gasteiger charge is -2.13. The van der Waals surface area contributed by atoms with Gasteiger partial charge < -0.3 is 14.4 Å². The van der Waals surface area contributed by atoms with Crippen molar-refractivity contribution in [3.05, 3.63) is 60.4 Å². The summed E-state index contributed by atoms with van der Waals surface area (Å²) in [6.45, 7) is 3.38. The summed E-state index contributed by atoms with van der Waals surface area (Å²) in [6, 6.07) is 17.8. The maximum absolute atomic E-state index is 10.2. The molecule has 0 spiro atoms. The Labute approximate surface area is 136 Å². The number of para-hydroxylation sites is 3. The molecule has 3 rings (SSSR count). The third-order valence-electron chi connectivity index (χ3n) is 3.91. The fourth-order valence-electron chi connectivity index (χ4n) is 2.70. The van der Waals surface area contributed by atoms with E-state index in [0.29, 0.717) is 13.0 Å². The zero-order valence-corrected chi connectivity index (χ0v) is 13.4. The van der Waals surface area contributed by atoms with E-state index in [0.717, 1.165) is 35.6 Å². The van der Waals surface area contributed by atoms with Crippen LogP contribution in [0.1, 0.15) is 31.7 Å². The number of aliphatic hydroxyl groups excluding tert-OH is 1. The van der Waals surface area contributed by atoms with Crippen molar-refractivity contribution in [3.63, 3.8) is 0 Å². The van der Waals surface area contributed by atoms with Crippen LogP contribution >= 0.6 is 0 Å². The van der Waals surface area contributed by atoms with Gasteiger partial charge in [0.2, 0.25) is 0 Å². The van der Waals surface area contributed by atoms with Crippen LogP contribution in [0, 0.1) is 0 Å². The first-order valence-electron chi connectivity index (χ1n) is 8.10. The summed E-state index contributed by atoms with van der Waals surface area (Å²) in [5.41, 5.74) is 1.99. The number of ether oxygens (including phenoxy) is 1. The number of hydrogen-bond acceptors (Lipinski definition) is 3. The number of rotatable bonds is 7. The predicted molar refractivity (Wildman–Crippen MR) is 91.5 cm³/mol. The number of aromatic nitrogens is 2. The quantitative estimate of drug-likeness (QED) is 0.672. The summed E-state index contributed by atoms with van der Waals surface area (Å²) in [5, 5.41) is 10.2. The zero-order valence-electron chi connectivity index (χ0n) is 13.4. The Bertz CT molecular complexity index is 752. The van der Waals surface area contributed by atoms with Crippen LogP contribution < -0.4 is 4.74 Å². The molecule has 0 fully saturated rings. The van der Waals surface area contributed by atoms with E-state index in [4.69, 9.17) is 4.74 Å². The van der Waals surface area contributed by atoms with Crippen LogP contribution in [0.4, 0.5) is 0 Å². The minimum atomic E-state index is -0.530. The second-order valence-electron chi connectivity index (χ2n) is 5.55. The SMILES string of the molecule is CC[C@@H](O)c1nc2ccccc2n1CCCOc1ccccc1. The average molecular weight is 310 g/mol. The summed E-state index contributed by atoms with van der Waals surface area (Å²) in [5.74, 6) is 1.63. The molecular weight excluding hydrogens is 288 g/mol. The Morgan fingerprint density at radius 3 is 2.61 bits per heavy atom. The molecule has 0 saturated heterocycles. The van der Waals surface area contributed by atoms with E-state index in [1.807, 2.05) is 61.5 Å². The van der Waals surface area contributed by atoms with Crippen molar-refractivity contribution in [2.75, 3.05) is 6.61 Å². The Hall–Kier alpha value is -2.33. The molecule has 4 nitrogen and oxygen atoms in total. The lowest BCUT2D eigenvalue weighted by atomic mass is 10.2. The third-order valence-corrected chi connectivity index (χ3v) is 3.91. The fraction of sp³-hybridized carbons (Fsp3) is 0.316. The number of benzene rings is 2. The van der Waals surface area contributed by atoms with Crippen LogP contribution in [0.3, 0.4) is 0 Å². The van der Waals surface area contributed by atoms with Crippen LogP contribution in [0.15, 0.2) is 54.6 Å². The van der Waals surface area contributed by atoms with Gasteiger partial charge in [-0.1, -0.05) is 37.3 Å². The molecule has 0 unspecified atom stereocenters. The van der Waals surface area contributed by atoms with Gasteiger partial charge in [-0.15, -0.1) is 0 Å². The Balaban J connectivity index is 1.71. The highest BCUT2D eigenvalue weighted by Crippen LogP contribution is 2.23. The monoisotopic (exact) mass is 310 g/mol. The van der Waals surface area contributed by atoms with Crippen LogP contribution in [0.5, 0.6) is 5.75 Å². The molecule has 1 aromatic heterocycles. The molecule has 23 heavy (non-hydrogen) atoms. The van der Waals surface area contributed by atoms with E-state index >= 15 is 0 Å². The predicted octanol–water partition coefficient (Wildman–Crippen LogP) is 3.95. The second-order valence-corrected chi connectivity index (χ2v) is 5.55. The van der Waals surface area contributed by atoms with Gasteiger partial charge in [-0.25, -0.2) is 4.98 Å². The zero-order chi connectivity index (χ0) is 16.1. The first kappa shape index (κ1) is 15.6. The third kappa shape index (κ3) is 3.54. The maximum atomic E-state index is 10.2. The number of hydrogen-bond donors (Lipinski definition) is 1. The smallest absolute Gasteiger partial charge is 0.138 e. The minimum Gasteiger partial charge on any atom is -0.494 e. The van der Waals surface area contributed by atoms with Crippen molar-refractivity contribution >= 4 is 11.0 Å². The normalized spacial score (nSPS) is 12.4. The summed E-state index contributed by atoms with van der Waals surface area (Å²) < 4.78 is 7.86. The van der Waals surface area contributed by atoms with Crippen LogP contribution in [0.25, 0.3) is 11.0 Å². The van der Waals surface area contributed by atoms with Gasteiger partial charge in [-0.3, -0.25) is 0 Å². The lowest BCUT2D eigenvalue weighted by Crippen LogP contribution is -2.11. The Kier molecular flexibility index (Phi) is 4.93. The number of nitrogens with zero attached hydrogens (tertiary/aromatic N) is 2. The molecular formula is C19H22N2O2. The Morgan fingerprint density at radius 1 is 1.09 bits per heavy atom. The van der Waals surface area contributed by atoms with Gasteiger partial charge in [0, 0.05) is 6.54 Å². The highest BCUT2D eigenvalue weighted by atomic mass is 16.5. The number of aryl methyl sites for hydroxylation is 1. The number of imidazole rings is 1. The molecule has 0 radical (unpaired) electrons. The largest absolute Gasteiger partial charge is 0.494 e. The molecule has 120 valence electrons. The van der Waals surface area contributed by atoms with Crippen molar-refractivity contribution in [3.8, 4) is 5.75 Å². The standard InChI is InChI=1S/C19H22N2O2/c1-2-18(22)19-20-16-11-6-7-12-17(16)21(19)13-8-14-23-15-9-4-3-5-10-15/h3-7,9-12,18,22H,2,8,13-14H2,1H3/t18-/m1/s1. The minimum absolute atomic E-state index is 0.530. The molecule has 0 aliphatic rings. The molecule has 0 aliphatic heterocycles. The van der Waals surface area contributed by atoms with Gasteiger partial charge in [0.15, 0.2) is 0 Å². The molecule has 1 atom stereocenters. The van der Waals surface area contributed by atoms with Gasteiger partial charge in [0.1, 0.15) is 17.7 Å². The summed E-state index contributed by atoms with van der Waals surface area (Å²) in [7, 11) is 0. The van der Waals surface area contributed by atoms with Gasteiger partial charge in [-0.2, -0.15) is 0 Å². The summed E-state index contributed by atoms with van der Waals surface area (Å²) >= 11 is 0.